The van der Waals surface area contributed by atoms with E-state index in [-0.39, 0.29) is 23.9 Å². The topological polar surface area (TPSA) is 61.9 Å². The van der Waals surface area contributed by atoms with Crippen molar-refractivity contribution >= 4 is 11.8 Å². The number of benzene rings is 2. The van der Waals surface area contributed by atoms with Crippen LogP contribution in [-0.2, 0) is 9.53 Å². The molecule has 0 radical (unpaired) electrons. The number of fused-ring (bicyclic) bond motifs is 1. The van der Waals surface area contributed by atoms with Gasteiger partial charge in [0.15, 0.2) is 0 Å². The van der Waals surface area contributed by atoms with Crippen LogP contribution in [0.1, 0.15) is 58.3 Å². The largest absolute Gasteiger partial charge is 0.379 e. The van der Waals surface area contributed by atoms with Gasteiger partial charge in [0.2, 0.25) is 5.91 Å². The Labute approximate surface area is 195 Å². The zero-order valence-electron chi connectivity index (χ0n) is 19.3. The van der Waals surface area contributed by atoms with E-state index < -0.39 is 5.92 Å². The summed E-state index contributed by atoms with van der Waals surface area (Å²) in [5, 5.41) is 3.21. The average molecular weight is 448 g/mol. The van der Waals surface area contributed by atoms with Crippen molar-refractivity contribution in [2.24, 2.45) is 0 Å². The summed E-state index contributed by atoms with van der Waals surface area (Å²) < 4.78 is 5.42. The lowest BCUT2D eigenvalue weighted by Crippen LogP contribution is -2.48. The Morgan fingerprint density at radius 3 is 2.64 bits per heavy atom. The molecule has 2 amide bonds. The number of ether oxygens (including phenoxy) is 1. The molecule has 2 aromatic rings. The molecule has 1 aliphatic carbocycles. The SMILES string of the molecule is Cc1cccc(C2C(C(=O)NCCCN3CCOCC3)c3ccccc3C(=O)N2C2CC2)c1. The fraction of sp³-hybridized carbons (Fsp3) is 0.481. The van der Waals surface area contributed by atoms with Crippen molar-refractivity contribution in [1.82, 2.24) is 15.1 Å². The van der Waals surface area contributed by atoms with Gasteiger partial charge < -0.3 is 15.0 Å². The molecule has 0 spiro atoms. The highest BCUT2D eigenvalue weighted by Gasteiger charge is 2.48. The lowest BCUT2D eigenvalue weighted by Gasteiger charge is -2.42. The van der Waals surface area contributed by atoms with Gasteiger partial charge in [0.1, 0.15) is 0 Å². The molecule has 174 valence electrons. The van der Waals surface area contributed by atoms with Gasteiger partial charge in [-0.05, 0) is 49.9 Å². The maximum atomic E-state index is 13.7. The van der Waals surface area contributed by atoms with Crippen molar-refractivity contribution in [1.29, 1.82) is 0 Å². The highest BCUT2D eigenvalue weighted by molar-refractivity contribution is 6.01. The average Bonchev–Trinajstić information content (AvgIpc) is 3.67. The Bertz CT molecular complexity index is 1010. The van der Waals surface area contributed by atoms with Crippen LogP contribution in [-0.4, -0.2) is 67.0 Å². The van der Waals surface area contributed by atoms with Gasteiger partial charge in [-0.3, -0.25) is 14.5 Å². The van der Waals surface area contributed by atoms with Crippen LogP contribution < -0.4 is 5.32 Å². The second-order valence-electron chi connectivity index (χ2n) is 9.47. The first-order valence-electron chi connectivity index (χ1n) is 12.2. The Morgan fingerprint density at radius 1 is 1.09 bits per heavy atom. The minimum Gasteiger partial charge on any atom is -0.379 e. The molecule has 1 saturated carbocycles. The van der Waals surface area contributed by atoms with E-state index in [4.69, 9.17) is 4.74 Å². The monoisotopic (exact) mass is 447 g/mol. The predicted octanol–water partition coefficient (Wildman–Crippen LogP) is 3.28. The summed E-state index contributed by atoms with van der Waals surface area (Å²) in [7, 11) is 0. The van der Waals surface area contributed by atoms with Gasteiger partial charge in [0.25, 0.3) is 5.91 Å². The molecule has 6 heteroatoms. The molecule has 2 unspecified atom stereocenters. The molecule has 1 saturated heterocycles. The molecule has 0 aromatic heterocycles. The third kappa shape index (κ3) is 4.68. The van der Waals surface area contributed by atoms with Crippen molar-refractivity contribution < 1.29 is 14.3 Å². The summed E-state index contributed by atoms with van der Waals surface area (Å²) in [5.41, 5.74) is 3.69. The quantitative estimate of drug-likeness (QED) is 0.662. The van der Waals surface area contributed by atoms with Gasteiger partial charge in [-0.2, -0.15) is 0 Å². The second-order valence-corrected chi connectivity index (χ2v) is 9.47. The normalized spacial score (nSPS) is 23.3. The molecule has 3 aliphatic rings. The number of morpholine rings is 1. The van der Waals surface area contributed by atoms with E-state index in [0.29, 0.717) is 12.1 Å². The Kier molecular flexibility index (Phi) is 6.47. The standard InChI is InChI=1S/C27H33N3O3/c1-19-6-4-7-20(18-19)25-24(26(31)28-12-5-13-29-14-16-33-17-15-29)22-8-2-3-9-23(22)27(32)30(25)21-10-11-21/h2-4,6-9,18,21,24-25H,5,10-17H2,1H3,(H,28,31). The van der Waals surface area contributed by atoms with Crippen molar-refractivity contribution in [3.8, 4) is 0 Å². The van der Waals surface area contributed by atoms with Gasteiger partial charge >= 0.3 is 0 Å². The van der Waals surface area contributed by atoms with E-state index in [1.54, 1.807) is 0 Å². The summed E-state index contributed by atoms with van der Waals surface area (Å²) in [6.07, 6.45) is 2.91. The molecule has 5 rings (SSSR count). The van der Waals surface area contributed by atoms with E-state index in [1.165, 1.54) is 0 Å². The molecule has 1 N–H and O–H groups in total. The zero-order chi connectivity index (χ0) is 22.8. The lowest BCUT2D eigenvalue weighted by molar-refractivity contribution is -0.124. The van der Waals surface area contributed by atoms with Crippen molar-refractivity contribution in [2.75, 3.05) is 39.4 Å². The summed E-state index contributed by atoms with van der Waals surface area (Å²) in [4.78, 5) is 31.6. The maximum Gasteiger partial charge on any atom is 0.254 e. The summed E-state index contributed by atoms with van der Waals surface area (Å²) in [5.74, 6) is -0.352. The molecule has 2 aliphatic heterocycles. The van der Waals surface area contributed by atoms with E-state index in [1.807, 2.05) is 35.2 Å². The number of aryl methyl sites for hydroxylation is 1. The Morgan fingerprint density at radius 2 is 1.88 bits per heavy atom. The van der Waals surface area contributed by atoms with E-state index in [0.717, 1.165) is 68.8 Å². The highest BCUT2D eigenvalue weighted by Crippen LogP contribution is 2.47. The van der Waals surface area contributed by atoms with Crippen LogP contribution >= 0.6 is 0 Å². The number of carbonyl (C=O) groups is 2. The number of nitrogens with one attached hydrogen (secondary N) is 1. The number of carbonyl (C=O) groups excluding carboxylic acids is 2. The molecular weight excluding hydrogens is 414 g/mol. The molecular formula is C27H33N3O3. The van der Waals surface area contributed by atoms with Gasteiger partial charge in [-0.25, -0.2) is 0 Å². The number of hydrogen-bond donors (Lipinski definition) is 1. The first-order chi connectivity index (χ1) is 16.1. The van der Waals surface area contributed by atoms with Crippen LogP contribution in [0.4, 0.5) is 0 Å². The van der Waals surface area contributed by atoms with Crippen LogP contribution in [0.25, 0.3) is 0 Å². The van der Waals surface area contributed by atoms with Crippen LogP contribution in [0.2, 0.25) is 0 Å². The van der Waals surface area contributed by atoms with Crippen LogP contribution in [0.3, 0.4) is 0 Å². The fourth-order valence-corrected chi connectivity index (χ4v) is 5.25. The van der Waals surface area contributed by atoms with Crippen LogP contribution in [0.15, 0.2) is 48.5 Å². The van der Waals surface area contributed by atoms with Crippen molar-refractivity contribution in [3.63, 3.8) is 0 Å². The van der Waals surface area contributed by atoms with Gasteiger partial charge in [0, 0.05) is 31.2 Å². The van der Waals surface area contributed by atoms with Gasteiger partial charge in [-0.15, -0.1) is 0 Å². The van der Waals surface area contributed by atoms with E-state index in [9.17, 15) is 9.59 Å². The van der Waals surface area contributed by atoms with Gasteiger partial charge in [-0.1, -0.05) is 48.0 Å². The molecule has 6 nitrogen and oxygen atoms in total. The zero-order valence-corrected chi connectivity index (χ0v) is 19.3. The maximum absolute atomic E-state index is 13.7. The molecule has 2 heterocycles. The van der Waals surface area contributed by atoms with Crippen molar-refractivity contribution in [3.05, 3.63) is 70.8 Å². The van der Waals surface area contributed by atoms with Crippen LogP contribution in [0.5, 0.6) is 0 Å². The smallest absolute Gasteiger partial charge is 0.254 e. The van der Waals surface area contributed by atoms with E-state index >= 15 is 0 Å². The fourth-order valence-electron chi connectivity index (χ4n) is 5.25. The first kappa shape index (κ1) is 22.1. The van der Waals surface area contributed by atoms with E-state index in [2.05, 4.69) is 35.3 Å². The third-order valence-electron chi connectivity index (χ3n) is 7.04. The highest BCUT2D eigenvalue weighted by atomic mass is 16.5. The van der Waals surface area contributed by atoms with Crippen LogP contribution in [0, 0.1) is 6.92 Å². The Hall–Kier alpha value is -2.70. The number of rotatable bonds is 7. The third-order valence-corrected chi connectivity index (χ3v) is 7.04. The second kappa shape index (κ2) is 9.65. The molecule has 0 bridgehead atoms. The minimum absolute atomic E-state index is 0.00841. The Balaban J connectivity index is 1.41. The number of amides is 2. The lowest BCUT2D eigenvalue weighted by atomic mass is 9.78. The molecule has 2 atom stereocenters. The van der Waals surface area contributed by atoms with Crippen molar-refractivity contribution in [2.45, 2.75) is 44.2 Å². The summed E-state index contributed by atoms with van der Waals surface area (Å²) in [6.45, 7) is 7.13. The first-order valence-corrected chi connectivity index (χ1v) is 12.2. The summed E-state index contributed by atoms with van der Waals surface area (Å²) >= 11 is 0. The van der Waals surface area contributed by atoms with Gasteiger partial charge in [0.05, 0.1) is 25.2 Å². The molecule has 33 heavy (non-hydrogen) atoms. The minimum atomic E-state index is -0.412. The number of hydrogen-bond acceptors (Lipinski definition) is 4. The molecule has 2 fully saturated rings. The molecule has 2 aromatic carbocycles. The number of nitrogens with zero attached hydrogens (tertiary/aromatic N) is 2. The summed E-state index contributed by atoms with van der Waals surface area (Å²) in [6, 6.07) is 15.9. The predicted molar refractivity (Wildman–Crippen MR) is 127 cm³/mol.